The van der Waals surface area contributed by atoms with Gasteiger partial charge in [0.05, 0.1) is 5.69 Å². The van der Waals surface area contributed by atoms with Gasteiger partial charge in [-0.15, -0.1) is 0 Å². The number of aryl methyl sites for hydroxylation is 1. The van der Waals surface area contributed by atoms with Crippen LogP contribution < -0.4 is 5.32 Å². The zero-order chi connectivity index (χ0) is 12.8. The summed E-state index contributed by atoms with van der Waals surface area (Å²) in [5.41, 5.74) is 2.16. The standard InChI is InChI=1S/C14H18N2O2/c1-11(15-10-13-8-9-18-16-13)2-3-12-4-6-14(17)7-5-12/h4-9,11,15,17H,2-3,10H2,1H3. The van der Waals surface area contributed by atoms with Crippen molar-refractivity contribution in [2.24, 2.45) is 0 Å². The molecule has 2 aromatic rings. The highest BCUT2D eigenvalue weighted by atomic mass is 16.5. The van der Waals surface area contributed by atoms with E-state index in [2.05, 4.69) is 17.4 Å². The minimum absolute atomic E-state index is 0.316. The van der Waals surface area contributed by atoms with Gasteiger partial charge in [0.2, 0.25) is 0 Å². The number of aromatic hydroxyl groups is 1. The number of phenolic OH excluding ortho intramolecular Hbond substituents is 1. The summed E-state index contributed by atoms with van der Waals surface area (Å²) < 4.78 is 4.77. The van der Waals surface area contributed by atoms with Crippen LogP contribution in [-0.4, -0.2) is 16.3 Å². The molecule has 4 nitrogen and oxygen atoms in total. The van der Waals surface area contributed by atoms with E-state index in [0.717, 1.165) is 25.1 Å². The maximum Gasteiger partial charge on any atom is 0.124 e. The molecule has 1 atom stereocenters. The topological polar surface area (TPSA) is 58.3 Å². The number of rotatable bonds is 6. The maximum absolute atomic E-state index is 9.20. The quantitative estimate of drug-likeness (QED) is 0.822. The van der Waals surface area contributed by atoms with Crippen LogP contribution in [0.15, 0.2) is 41.1 Å². The van der Waals surface area contributed by atoms with Crippen LogP contribution in [-0.2, 0) is 13.0 Å². The first-order chi connectivity index (χ1) is 8.74. The molecule has 1 heterocycles. The first kappa shape index (κ1) is 12.6. The molecule has 0 aliphatic carbocycles. The Morgan fingerprint density at radius 1 is 1.28 bits per heavy atom. The molecular formula is C14H18N2O2. The molecule has 4 heteroatoms. The Morgan fingerprint density at radius 2 is 2.06 bits per heavy atom. The van der Waals surface area contributed by atoms with E-state index in [4.69, 9.17) is 4.52 Å². The fourth-order valence-corrected chi connectivity index (χ4v) is 1.76. The van der Waals surface area contributed by atoms with Gasteiger partial charge in [0.25, 0.3) is 0 Å². The Morgan fingerprint density at radius 3 is 2.72 bits per heavy atom. The summed E-state index contributed by atoms with van der Waals surface area (Å²) in [5.74, 6) is 0.316. The lowest BCUT2D eigenvalue weighted by Crippen LogP contribution is -2.26. The van der Waals surface area contributed by atoms with Crippen LogP contribution in [0.3, 0.4) is 0 Å². The average Bonchev–Trinajstić information content (AvgIpc) is 2.89. The first-order valence-corrected chi connectivity index (χ1v) is 6.14. The highest BCUT2D eigenvalue weighted by molar-refractivity contribution is 5.25. The second-order valence-corrected chi connectivity index (χ2v) is 4.48. The van der Waals surface area contributed by atoms with Gasteiger partial charge in [-0.2, -0.15) is 0 Å². The van der Waals surface area contributed by atoms with E-state index in [-0.39, 0.29) is 0 Å². The third kappa shape index (κ3) is 3.89. The first-order valence-electron chi connectivity index (χ1n) is 6.14. The third-order valence-corrected chi connectivity index (χ3v) is 2.93. The molecule has 2 N–H and O–H groups in total. The molecule has 0 aliphatic rings. The number of aromatic nitrogens is 1. The van der Waals surface area contributed by atoms with Gasteiger partial charge in [-0.25, -0.2) is 0 Å². The lowest BCUT2D eigenvalue weighted by Gasteiger charge is -2.12. The van der Waals surface area contributed by atoms with E-state index in [1.54, 1.807) is 18.4 Å². The van der Waals surface area contributed by atoms with Crippen LogP contribution in [0, 0.1) is 0 Å². The molecule has 0 saturated heterocycles. The fourth-order valence-electron chi connectivity index (χ4n) is 1.76. The second-order valence-electron chi connectivity index (χ2n) is 4.48. The predicted molar refractivity (Wildman–Crippen MR) is 69.2 cm³/mol. The van der Waals surface area contributed by atoms with Gasteiger partial charge in [0, 0.05) is 18.7 Å². The number of benzene rings is 1. The van der Waals surface area contributed by atoms with Crippen LogP contribution >= 0.6 is 0 Å². The van der Waals surface area contributed by atoms with Crippen LogP contribution in [0.25, 0.3) is 0 Å². The second kappa shape index (κ2) is 6.21. The van der Waals surface area contributed by atoms with Gasteiger partial charge in [-0.3, -0.25) is 0 Å². The van der Waals surface area contributed by atoms with Crippen molar-refractivity contribution in [1.29, 1.82) is 0 Å². The van der Waals surface area contributed by atoms with Crippen molar-refractivity contribution >= 4 is 0 Å². The molecule has 0 spiro atoms. The number of nitrogens with one attached hydrogen (secondary N) is 1. The summed E-state index contributed by atoms with van der Waals surface area (Å²) >= 11 is 0. The Kier molecular flexibility index (Phi) is 4.36. The normalized spacial score (nSPS) is 12.5. The Labute approximate surface area is 107 Å². The summed E-state index contributed by atoms with van der Waals surface area (Å²) in [7, 11) is 0. The molecule has 0 aliphatic heterocycles. The van der Waals surface area contributed by atoms with Crippen molar-refractivity contribution in [2.75, 3.05) is 0 Å². The van der Waals surface area contributed by atoms with E-state index in [0.29, 0.717) is 11.8 Å². The van der Waals surface area contributed by atoms with Gasteiger partial charge in [0.15, 0.2) is 0 Å². The van der Waals surface area contributed by atoms with E-state index in [1.807, 2.05) is 18.2 Å². The fraction of sp³-hybridized carbons (Fsp3) is 0.357. The maximum atomic E-state index is 9.20. The number of hydrogen-bond acceptors (Lipinski definition) is 4. The Bertz CT molecular complexity index is 451. The molecule has 2 rings (SSSR count). The van der Waals surface area contributed by atoms with Crippen LogP contribution in [0.1, 0.15) is 24.6 Å². The molecule has 0 radical (unpaired) electrons. The molecular weight excluding hydrogens is 228 g/mol. The van der Waals surface area contributed by atoms with Gasteiger partial charge in [0.1, 0.15) is 12.0 Å². The highest BCUT2D eigenvalue weighted by Gasteiger charge is 2.04. The zero-order valence-electron chi connectivity index (χ0n) is 10.5. The molecule has 0 fully saturated rings. The molecule has 1 aromatic carbocycles. The lowest BCUT2D eigenvalue weighted by molar-refractivity contribution is 0.404. The van der Waals surface area contributed by atoms with Crippen molar-refractivity contribution in [1.82, 2.24) is 10.5 Å². The smallest absolute Gasteiger partial charge is 0.124 e. The molecule has 1 unspecified atom stereocenters. The Hall–Kier alpha value is -1.81. The van der Waals surface area contributed by atoms with Crippen LogP contribution in [0.4, 0.5) is 0 Å². The molecule has 0 amide bonds. The SMILES string of the molecule is CC(CCc1ccc(O)cc1)NCc1ccon1. The highest BCUT2D eigenvalue weighted by Crippen LogP contribution is 2.12. The summed E-state index contributed by atoms with van der Waals surface area (Å²) in [6.45, 7) is 2.88. The zero-order valence-corrected chi connectivity index (χ0v) is 10.5. The van der Waals surface area contributed by atoms with Gasteiger partial charge < -0.3 is 14.9 Å². The minimum atomic E-state index is 0.316. The van der Waals surface area contributed by atoms with Crippen molar-refractivity contribution in [3.8, 4) is 5.75 Å². The predicted octanol–water partition coefficient (Wildman–Crippen LogP) is 2.49. The van der Waals surface area contributed by atoms with Crippen LogP contribution in [0.5, 0.6) is 5.75 Å². The van der Waals surface area contributed by atoms with Crippen molar-refractivity contribution in [3.05, 3.63) is 47.9 Å². The molecule has 0 bridgehead atoms. The third-order valence-electron chi connectivity index (χ3n) is 2.93. The van der Waals surface area contributed by atoms with Crippen molar-refractivity contribution in [2.45, 2.75) is 32.4 Å². The summed E-state index contributed by atoms with van der Waals surface area (Å²) in [6.07, 6.45) is 3.62. The number of hydrogen-bond donors (Lipinski definition) is 2. The largest absolute Gasteiger partial charge is 0.508 e. The van der Waals surface area contributed by atoms with Gasteiger partial charge in [-0.1, -0.05) is 17.3 Å². The van der Waals surface area contributed by atoms with Gasteiger partial charge >= 0.3 is 0 Å². The van der Waals surface area contributed by atoms with E-state index in [1.165, 1.54) is 5.56 Å². The Balaban J connectivity index is 1.71. The summed E-state index contributed by atoms with van der Waals surface area (Å²) in [6, 6.07) is 9.64. The average molecular weight is 246 g/mol. The molecule has 0 saturated carbocycles. The summed E-state index contributed by atoms with van der Waals surface area (Å²) in [4.78, 5) is 0. The minimum Gasteiger partial charge on any atom is -0.508 e. The molecule has 1 aromatic heterocycles. The van der Waals surface area contributed by atoms with E-state index in [9.17, 15) is 5.11 Å². The van der Waals surface area contributed by atoms with Gasteiger partial charge in [-0.05, 0) is 37.5 Å². The lowest BCUT2D eigenvalue weighted by atomic mass is 10.1. The summed E-state index contributed by atoms with van der Waals surface area (Å²) in [5, 5.41) is 16.4. The molecule has 96 valence electrons. The number of phenols is 1. The van der Waals surface area contributed by atoms with Crippen molar-refractivity contribution in [3.63, 3.8) is 0 Å². The van der Waals surface area contributed by atoms with E-state index < -0.39 is 0 Å². The van der Waals surface area contributed by atoms with Crippen molar-refractivity contribution < 1.29 is 9.63 Å². The molecule has 18 heavy (non-hydrogen) atoms. The number of nitrogens with zero attached hydrogens (tertiary/aromatic N) is 1. The van der Waals surface area contributed by atoms with E-state index >= 15 is 0 Å². The monoisotopic (exact) mass is 246 g/mol. The van der Waals surface area contributed by atoms with Crippen LogP contribution in [0.2, 0.25) is 0 Å².